The number of hydrogen-bond acceptors (Lipinski definition) is 3. The van der Waals surface area contributed by atoms with E-state index in [1.165, 1.54) is 5.56 Å². The van der Waals surface area contributed by atoms with Crippen LogP contribution in [-0.4, -0.2) is 30.8 Å². The normalized spacial score (nSPS) is 10.2. The van der Waals surface area contributed by atoms with E-state index < -0.39 is 0 Å². The van der Waals surface area contributed by atoms with Gasteiger partial charge in [0.05, 0.1) is 0 Å². The van der Waals surface area contributed by atoms with Gasteiger partial charge in [0.25, 0.3) is 0 Å². The molecule has 0 radical (unpaired) electrons. The van der Waals surface area contributed by atoms with Crippen molar-refractivity contribution in [2.75, 3.05) is 25.6 Å². The van der Waals surface area contributed by atoms with E-state index in [1.54, 1.807) is 0 Å². The molecule has 1 heterocycles. The van der Waals surface area contributed by atoms with Crippen LogP contribution in [0.4, 0.5) is 5.82 Å². The molecule has 0 aromatic carbocycles. The zero-order valence-corrected chi connectivity index (χ0v) is 8.41. The largest absolute Gasteiger partial charge is 0.396 e. The molecule has 0 amide bonds. The summed E-state index contributed by atoms with van der Waals surface area (Å²) in [4.78, 5) is 6.24. The molecule has 0 aliphatic rings. The first-order valence-electron chi connectivity index (χ1n) is 4.39. The molecule has 0 aliphatic heterocycles. The minimum Gasteiger partial charge on any atom is -0.396 e. The number of aliphatic hydroxyl groups is 1. The second-order valence-corrected chi connectivity index (χ2v) is 3.34. The van der Waals surface area contributed by atoms with Crippen LogP contribution in [0.3, 0.4) is 0 Å². The average molecular weight is 180 g/mol. The second-order valence-electron chi connectivity index (χ2n) is 3.34. The Balaban J connectivity index is 2.92. The summed E-state index contributed by atoms with van der Waals surface area (Å²) in [6.07, 6.45) is 2.52. The molecule has 0 spiro atoms. The van der Waals surface area contributed by atoms with Gasteiger partial charge in [-0.15, -0.1) is 0 Å². The summed E-state index contributed by atoms with van der Waals surface area (Å²) in [6, 6.07) is 2.03. The molecule has 1 aromatic rings. The van der Waals surface area contributed by atoms with Crippen LogP contribution in [0.25, 0.3) is 0 Å². The summed E-state index contributed by atoms with van der Waals surface area (Å²) in [7, 11) is 3.93. The third kappa shape index (κ3) is 2.42. The van der Waals surface area contributed by atoms with Crippen LogP contribution in [0.15, 0.2) is 12.3 Å². The molecule has 0 fully saturated rings. The monoisotopic (exact) mass is 180 g/mol. The lowest BCUT2D eigenvalue weighted by molar-refractivity contribution is 0.299. The number of pyridine rings is 1. The summed E-state index contributed by atoms with van der Waals surface area (Å²) < 4.78 is 0. The molecule has 0 bridgehead atoms. The van der Waals surface area contributed by atoms with Crippen molar-refractivity contribution < 1.29 is 5.11 Å². The van der Waals surface area contributed by atoms with Crippen LogP contribution < -0.4 is 4.90 Å². The maximum Gasteiger partial charge on any atom is 0.128 e. The lowest BCUT2D eigenvalue weighted by Crippen LogP contribution is -2.11. The van der Waals surface area contributed by atoms with Crippen molar-refractivity contribution in [2.24, 2.45) is 0 Å². The number of nitrogens with zero attached hydrogens (tertiary/aromatic N) is 2. The minimum absolute atomic E-state index is 0.184. The molecule has 3 heteroatoms. The van der Waals surface area contributed by atoms with Crippen molar-refractivity contribution in [1.29, 1.82) is 0 Å². The van der Waals surface area contributed by atoms with Crippen molar-refractivity contribution in [3.63, 3.8) is 0 Å². The number of rotatable bonds is 3. The topological polar surface area (TPSA) is 36.4 Å². The van der Waals surface area contributed by atoms with E-state index in [9.17, 15) is 0 Å². The standard InChI is InChI=1S/C10H16N2O/c1-8-6-10(12(2)3)11-7-9(8)4-5-13/h6-7,13H,4-5H2,1-3H3. The molecule has 72 valence electrons. The van der Waals surface area contributed by atoms with Crippen molar-refractivity contribution >= 4 is 5.82 Å². The van der Waals surface area contributed by atoms with Crippen molar-refractivity contribution in [2.45, 2.75) is 13.3 Å². The fourth-order valence-electron chi connectivity index (χ4n) is 1.20. The Kier molecular flexibility index (Phi) is 3.25. The van der Waals surface area contributed by atoms with Gasteiger partial charge in [-0.1, -0.05) is 0 Å². The third-order valence-electron chi connectivity index (χ3n) is 2.04. The van der Waals surface area contributed by atoms with Gasteiger partial charge in [0.2, 0.25) is 0 Å². The molecule has 1 aromatic heterocycles. The minimum atomic E-state index is 0.184. The zero-order chi connectivity index (χ0) is 9.84. The molecule has 0 saturated heterocycles. The molecule has 0 atom stereocenters. The highest BCUT2D eigenvalue weighted by Gasteiger charge is 2.01. The Labute approximate surface area is 79.0 Å². The van der Waals surface area contributed by atoms with E-state index in [4.69, 9.17) is 5.11 Å². The first-order valence-corrected chi connectivity index (χ1v) is 4.39. The van der Waals surface area contributed by atoms with E-state index >= 15 is 0 Å². The highest BCUT2D eigenvalue weighted by molar-refractivity contribution is 5.41. The van der Waals surface area contributed by atoms with Gasteiger partial charge in [0.1, 0.15) is 5.82 Å². The maximum absolute atomic E-state index is 8.78. The smallest absolute Gasteiger partial charge is 0.128 e. The number of aliphatic hydroxyl groups excluding tert-OH is 1. The van der Waals surface area contributed by atoms with Gasteiger partial charge in [0.15, 0.2) is 0 Å². The van der Waals surface area contributed by atoms with E-state index in [0.29, 0.717) is 6.42 Å². The van der Waals surface area contributed by atoms with Gasteiger partial charge in [-0.25, -0.2) is 4.98 Å². The van der Waals surface area contributed by atoms with Gasteiger partial charge in [-0.05, 0) is 30.5 Å². The van der Waals surface area contributed by atoms with E-state index in [0.717, 1.165) is 11.4 Å². The Hall–Kier alpha value is -1.09. The molecule has 0 saturated carbocycles. The third-order valence-corrected chi connectivity index (χ3v) is 2.04. The zero-order valence-electron chi connectivity index (χ0n) is 8.41. The van der Waals surface area contributed by atoms with Crippen LogP contribution in [0.2, 0.25) is 0 Å². The van der Waals surface area contributed by atoms with Gasteiger partial charge < -0.3 is 10.0 Å². The first-order chi connectivity index (χ1) is 6.15. The lowest BCUT2D eigenvalue weighted by atomic mass is 10.1. The van der Waals surface area contributed by atoms with Gasteiger partial charge in [-0.3, -0.25) is 0 Å². The molecule has 1 N–H and O–H groups in total. The SMILES string of the molecule is Cc1cc(N(C)C)ncc1CCO. The molecule has 13 heavy (non-hydrogen) atoms. The number of anilines is 1. The molecule has 3 nitrogen and oxygen atoms in total. The van der Waals surface area contributed by atoms with Gasteiger partial charge in [-0.2, -0.15) is 0 Å². The van der Waals surface area contributed by atoms with Crippen molar-refractivity contribution in [1.82, 2.24) is 4.98 Å². The van der Waals surface area contributed by atoms with E-state index in [1.807, 2.05) is 38.2 Å². The van der Waals surface area contributed by atoms with Crippen LogP contribution >= 0.6 is 0 Å². The molecule has 0 unspecified atom stereocenters. The van der Waals surface area contributed by atoms with Crippen molar-refractivity contribution in [3.05, 3.63) is 23.4 Å². The van der Waals surface area contributed by atoms with E-state index in [-0.39, 0.29) is 6.61 Å². The van der Waals surface area contributed by atoms with E-state index in [2.05, 4.69) is 4.98 Å². The van der Waals surface area contributed by atoms with Gasteiger partial charge >= 0.3 is 0 Å². The fraction of sp³-hybridized carbons (Fsp3) is 0.500. The first kappa shape index (κ1) is 9.99. The Morgan fingerprint density at radius 1 is 1.46 bits per heavy atom. The predicted octanol–water partition coefficient (Wildman–Crippen LogP) is 0.991. The molecular weight excluding hydrogens is 164 g/mol. The van der Waals surface area contributed by atoms with Crippen LogP contribution in [0.1, 0.15) is 11.1 Å². The number of aryl methyl sites for hydroxylation is 1. The molecule has 1 rings (SSSR count). The lowest BCUT2D eigenvalue weighted by Gasteiger charge is -2.13. The number of aromatic nitrogens is 1. The maximum atomic E-state index is 8.78. The second kappa shape index (κ2) is 4.23. The van der Waals surface area contributed by atoms with Crippen LogP contribution in [0.5, 0.6) is 0 Å². The summed E-state index contributed by atoms with van der Waals surface area (Å²) in [5.74, 6) is 0.958. The quantitative estimate of drug-likeness (QED) is 0.753. The summed E-state index contributed by atoms with van der Waals surface area (Å²) >= 11 is 0. The highest BCUT2D eigenvalue weighted by Crippen LogP contribution is 2.13. The summed E-state index contributed by atoms with van der Waals surface area (Å²) in [5, 5.41) is 8.78. The summed E-state index contributed by atoms with van der Waals surface area (Å²) in [6.45, 7) is 2.23. The highest BCUT2D eigenvalue weighted by atomic mass is 16.2. The Morgan fingerprint density at radius 2 is 2.15 bits per heavy atom. The Bertz CT molecular complexity index is 284. The van der Waals surface area contributed by atoms with Gasteiger partial charge in [0, 0.05) is 26.9 Å². The van der Waals surface area contributed by atoms with Crippen LogP contribution in [0, 0.1) is 6.92 Å². The fourth-order valence-corrected chi connectivity index (χ4v) is 1.20. The summed E-state index contributed by atoms with van der Waals surface area (Å²) in [5.41, 5.74) is 2.31. The average Bonchev–Trinajstić information content (AvgIpc) is 2.08. The molecule has 0 aliphatic carbocycles. The molecular formula is C10H16N2O. The number of hydrogen-bond donors (Lipinski definition) is 1. The Morgan fingerprint density at radius 3 is 2.62 bits per heavy atom. The predicted molar refractivity (Wildman–Crippen MR) is 54.1 cm³/mol. The van der Waals surface area contributed by atoms with Crippen LogP contribution in [-0.2, 0) is 6.42 Å². The van der Waals surface area contributed by atoms with Crippen molar-refractivity contribution in [3.8, 4) is 0 Å².